The van der Waals surface area contributed by atoms with Crippen LogP contribution in [-0.4, -0.2) is 60.5 Å². The molecule has 0 radical (unpaired) electrons. The van der Waals surface area contributed by atoms with Crippen LogP contribution < -0.4 is 5.32 Å². The number of methoxy groups -OCH3 is 2. The Balaban J connectivity index is 1.84. The van der Waals surface area contributed by atoms with Gasteiger partial charge < -0.3 is 19.5 Å². The lowest BCUT2D eigenvalue weighted by Crippen LogP contribution is -2.27. The monoisotopic (exact) mass is 312 g/mol. The summed E-state index contributed by atoms with van der Waals surface area (Å²) in [5.41, 5.74) is 0.806. The van der Waals surface area contributed by atoms with E-state index in [1.165, 1.54) is 6.92 Å². The highest BCUT2D eigenvalue weighted by molar-refractivity contribution is 5.72. The summed E-state index contributed by atoms with van der Waals surface area (Å²) in [6, 6.07) is 0. The zero-order valence-electron chi connectivity index (χ0n) is 13.3. The molecule has 1 aromatic rings. The van der Waals surface area contributed by atoms with Crippen LogP contribution in [-0.2, 0) is 25.5 Å². The lowest BCUT2D eigenvalue weighted by molar-refractivity contribution is -0.118. The number of nitrogens with zero attached hydrogens (tertiary/aromatic N) is 3. The van der Waals surface area contributed by atoms with Crippen LogP contribution in [0, 0.1) is 0 Å². The molecule has 22 heavy (non-hydrogen) atoms. The average molecular weight is 312 g/mol. The van der Waals surface area contributed by atoms with Crippen molar-refractivity contribution in [3.05, 3.63) is 11.9 Å². The lowest BCUT2D eigenvalue weighted by Gasteiger charge is -2.15. The lowest BCUT2D eigenvalue weighted by atomic mass is 10.1. The molecular formula is C14H24N4O4. The van der Waals surface area contributed by atoms with E-state index >= 15 is 0 Å². The van der Waals surface area contributed by atoms with Gasteiger partial charge in [-0.3, -0.25) is 9.48 Å². The standard InChI is InChI=1S/C14H24N4O4/c1-10(19)15-5-4-6-18-8-11(16-17-18)12-7-13(21-3)14(22-12)9-20-2/h8,12-14H,4-7,9H2,1-3H3,(H,15,19)/t12-,13?,14-/m1/s1. The molecule has 2 heterocycles. The van der Waals surface area contributed by atoms with Gasteiger partial charge in [0.05, 0.1) is 18.9 Å². The van der Waals surface area contributed by atoms with Crippen LogP contribution in [0.15, 0.2) is 6.20 Å². The molecule has 124 valence electrons. The number of carbonyl (C=O) groups is 1. The third-order valence-electron chi connectivity index (χ3n) is 3.66. The number of rotatable bonds is 8. The molecule has 1 unspecified atom stereocenters. The number of hydrogen-bond acceptors (Lipinski definition) is 6. The fourth-order valence-corrected chi connectivity index (χ4v) is 2.54. The predicted molar refractivity (Wildman–Crippen MR) is 78.2 cm³/mol. The van der Waals surface area contributed by atoms with Crippen LogP contribution in [0.3, 0.4) is 0 Å². The molecule has 0 saturated carbocycles. The second kappa shape index (κ2) is 8.21. The van der Waals surface area contributed by atoms with E-state index in [0.717, 1.165) is 18.5 Å². The van der Waals surface area contributed by atoms with E-state index < -0.39 is 0 Å². The molecule has 1 saturated heterocycles. The molecule has 1 amide bonds. The second-order valence-corrected chi connectivity index (χ2v) is 5.37. The molecule has 1 N–H and O–H groups in total. The molecule has 3 atom stereocenters. The van der Waals surface area contributed by atoms with Crippen molar-refractivity contribution in [2.45, 2.75) is 44.6 Å². The summed E-state index contributed by atoms with van der Waals surface area (Å²) in [5, 5.41) is 11.0. The molecule has 8 nitrogen and oxygen atoms in total. The summed E-state index contributed by atoms with van der Waals surface area (Å²) >= 11 is 0. The number of hydrogen-bond donors (Lipinski definition) is 1. The number of amides is 1. The third-order valence-corrected chi connectivity index (χ3v) is 3.66. The highest BCUT2D eigenvalue weighted by atomic mass is 16.6. The molecular weight excluding hydrogens is 288 g/mol. The molecule has 0 aliphatic carbocycles. The van der Waals surface area contributed by atoms with E-state index in [1.54, 1.807) is 18.9 Å². The van der Waals surface area contributed by atoms with Gasteiger partial charge in [-0.25, -0.2) is 0 Å². The van der Waals surface area contributed by atoms with Gasteiger partial charge >= 0.3 is 0 Å². The number of aryl methyl sites for hydroxylation is 1. The van der Waals surface area contributed by atoms with Gasteiger partial charge in [-0.2, -0.15) is 0 Å². The normalized spacial score (nSPS) is 24.6. The van der Waals surface area contributed by atoms with Crippen LogP contribution in [0.4, 0.5) is 0 Å². The first-order valence-corrected chi connectivity index (χ1v) is 7.45. The summed E-state index contributed by atoms with van der Waals surface area (Å²) in [6.07, 6.45) is 3.25. The topological polar surface area (TPSA) is 87.5 Å². The quantitative estimate of drug-likeness (QED) is 0.695. The van der Waals surface area contributed by atoms with Crippen LogP contribution in [0.1, 0.15) is 31.6 Å². The maximum Gasteiger partial charge on any atom is 0.216 e. The van der Waals surface area contributed by atoms with Crippen molar-refractivity contribution in [2.24, 2.45) is 0 Å². The van der Waals surface area contributed by atoms with Gasteiger partial charge in [0.15, 0.2) is 0 Å². The van der Waals surface area contributed by atoms with Gasteiger partial charge in [-0.1, -0.05) is 5.21 Å². The number of ether oxygens (including phenoxy) is 3. The van der Waals surface area contributed by atoms with Crippen LogP contribution in [0.25, 0.3) is 0 Å². The van der Waals surface area contributed by atoms with E-state index in [1.807, 2.05) is 6.20 Å². The Bertz CT molecular complexity index is 479. The summed E-state index contributed by atoms with van der Waals surface area (Å²) in [4.78, 5) is 10.8. The summed E-state index contributed by atoms with van der Waals surface area (Å²) in [7, 11) is 3.33. The van der Waals surface area contributed by atoms with Crippen molar-refractivity contribution in [1.29, 1.82) is 0 Å². The van der Waals surface area contributed by atoms with Crippen molar-refractivity contribution < 1.29 is 19.0 Å². The summed E-state index contributed by atoms with van der Waals surface area (Å²) in [6.45, 7) is 3.34. The molecule has 1 aromatic heterocycles. The molecule has 0 spiro atoms. The Hall–Kier alpha value is -1.51. The molecule has 1 aliphatic rings. The fraction of sp³-hybridized carbons (Fsp3) is 0.786. The van der Waals surface area contributed by atoms with Crippen LogP contribution in [0.5, 0.6) is 0 Å². The largest absolute Gasteiger partial charge is 0.382 e. The first kappa shape index (κ1) is 16.9. The van der Waals surface area contributed by atoms with Gasteiger partial charge in [0, 0.05) is 40.7 Å². The molecule has 0 bridgehead atoms. The molecule has 1 fully saturated rings. The van der Waals surface area contributed by atoms with E-state index in [9.17, 15) is 4.79 Å². The predicted octanol–water partition coefficient (Wildman–Crippen LogP) is 0.296. The van der Waals surface area contributed by atoms with Crippen molar-refractivity contribution in [1.82, 2.24) is 20.3 Å². The van der Waals surface area contributed by atoms with Crippen molar-refractivity contribution in [2.75, 3.05) is 27.4 Å². The highest BCUT2D eigenvalue weighted by Gasteiger charge is 2.37. The first-order valence-electron chi connectivity index (χ1n) is 7.45. The molecule has 0 aromatic carbocycles. The molecule has 2 rings (SSSR count). The number of aromatic nitrogens is 3. The Kier molecular flexibility index (Phi) is 6.29. The number of nitrogens with one attached hydrogen (secondary N) is 1. The minimum Gasteiger partial charge on any atom is -0.382 e. The maximum absolute atomic E-state index is 10.8. The van der Waals surface area contributed by atoms with Gasteiger partial charge in [0.2, 0.25) is 5.91 Å². The van der Waals surface area contributed by atoms with E-state index in [0.29, 0.717) is 19.7 Å². The van der Waals surface area contributed by atoms with Crippen molar-refractivity contribution in [3.8, 4) is 0 Å². The minimum atomic E-state index is -0.116. The summed E-state index contributed by atoms with van der Waals surface area (Å²) in [5.74, 6) is -0.0200. The Morgan fingerprint density at radius 1 is 1.55 bits per heavy atom. The average Bonchev–Trinajstić information content (AvgIpc) is 3.10. The van der Waals surface area contributed by atoms with E-state index in [4.69, 9.17) is 14.2 Å². The Morgan fingerprint density at radius 2 is 2.36 bits per heavy atom. The smallest absolute Gasteiger partial charge is 0.216 e. The van der Waals surface area contributed by atoms with Gasteiger partial charge in [-0.05, 0) is 6.42 Å². The van der Waals surface area contributed by atoms with E-state index in [2.05, 4.69) is 15.6 Å². The van der Waals surface area contributed by atoms with Crippen molar-refractivity contribution >= 4 is 5.91 Å². The third kappa shape index (κ3) is 4.49. The SMILES string of the molecule is COC[C@H]1O[C@@H](c2cn(CCCNC(C)=O)nn2)CC1OC. The minimum absolute atomic E-state index is 0.00914. The second-order valence-electron chi connectivity index (χ2n) is 5.37. The molecule has 1 aliphatic heterocycles. The first-order chi connectivity index (χ1) is 10.6. The van der Waals surface area contributed by atoms with Crippen LogP contribution in [0.2, 0.25) is 0 Å². The Labute approximate surface area is 130 Å². The van der Waals surface area contributed by atoms with Gasteiger partial charge in [-0.15, -0.1) is 5.10 Å². The zero-order chi connectivity index (χ0) is 15.9. The zero-order valence-corrected chi connectivity index (χ0v) is 13.3. The maximum atomic E-state index is 10.8. The van der Waals surface area contributed by atoms with E-state index in [-0.39, 0.29) is 24.2 Å². The van der Waals surface area contributed by atoms with Crippen LogP contribution >= 0.6 is 0 Å². The fourth-order valence-electron chi connectivity index (χ4n) is 2.54. The van der Waals surface area contributed by atoms with Crippen molar-refractivity contribution in [3.63, 3.8) is 0 Å². The Morgan fingerprint density at radius 3 is 3.05 bits per heavy atom. The highest BCUT2D eigenvalue weighted by Crippen LogP contribution is 2.33. The summed E-state index contributed by atoms with van der Waals surface area (Å²) < 4.78 is 18.3. The molecule has 8 heteroatoms. The van der Waals surface area contributed by atoms with Gasteiger partial charge in [0.1, 0.15) is 17.9 Å². The van der Waals surface area contributed by atoms with Gasteiger partial charge in [0.25, 0.3) is 0 Å². The number of carbonyl (C=O) groups excluding carboxylic acids is 1.